The fraction of sp³-hybridized carbons (Fsp3) is 0.500. The fourth-order valence-corrected chi connectivity index (χ4v) is 0.511. The highest BCUT2D eigenvalue weighted by Crippen LogP contribution is 2.13. The molecule has 0 bridgehead atoms. The molecule has 0 fully saturated rings. The molecule has 1 atom stereocenters. The van der Waals surface area contributed by atoms with Gasteiger partial charge >= 0.3 is 0 Å². The first kappa shape index (κ1) is 5.56. The molecule has 0 aliphatic carbocycles. The molecule has 1 aromatic heterocycles. The Morgan fingerprint density at radius 2 is 2.62 bits per heavy atom. The molecule has 8 heavy (non-hydrogen) atoms. The standard InChI is InChI=1S/C4H6ClN3/c1-3(5)4-2-6-8-7-4/h2-3H,1H3,(H,6,7,8). The number of nitrogens with zero attached hydrogens (tertiary/aromatic N) is 2. The first-order chi connectivity index (χ1) is 3.80. The molecule has 0 spiro atoms. The lowest BCUT2D eigenvalue weighted by molar-refractivity contribution is 0.898. The van der Waals surface area contributed by atoms with Gasteiger partial charge in [0, 0.05) is 6.20 Å². The molecular formula is C4H6ClN3. The SMILES string of the molecule is CC(Cl)c1c[nH]nn1. The third-order valence-electron chi connectivity index (χ3n) is 0.843. The maximum atomic E-state index is 5.62. The van der Waals surface area contributed by atoms with Crippen molar-refractivity contribution in [2.75, 3.05) is 0 Å². The molecular weight excluding hydrogens is 126 g/mol. The van der Waals surface area contributed by atoms with Crippen LogP contribution in [0.2, 0.25) is 0 Å². The molecule has 0 amide bonds. The lowest BCUT2D eigenvalue weighted by Crippen LogP contribution is -1.81. The van der Waals surface area contributed by atoms with E-state index in [-0.39, 0.29) is 5.38 Å². The quantitative estimate of drug-likeness (QED) is 0.580. The Morgan fingerprint density at radius 3 is 2.88 bits per heavy atom. The van der Waals surface area contributed by atoms with E-state index in [0.29, 0.717) is 0 Å². The highest BCUT2D eigenvalue weighted by Gasteiger charge is 2.00. The number of hydrogen-bond acceptors (Lipinski definition) is 2. The zero-order valence-electron chi connectivity index (χ0n) is 4.43. The van der Waals surface area contributed by atoms with Crippen LogP contribution in [0.5, 0.6) is 0 Å². The van der Waals surface area contributed by atoms with Gasteiger partial charge in [-0.25, -0.2) is 0 Å². The summed E-state index contributed by atoms with van der Waals surface area (Å²) < 4.78 is 0. The topological polar surface area (TPSA) is 41.6 Å². The van der Waals surface area contributed by atoms with Crippen LogP contribution in [-0.2, 0) is 0 Å². The van der Waals surface area contributed by atoms with E-state index >= 15 is 0 Å². The highest BCUT2D eigenvalue weighted by molar-refractivity contribution is 6.20. The molecule has 0 saturated heterocycles. The molecule has 0 radical (unpaired) electrons. The van der Waals surface area contributed by atoms with Crippen molar-refractivity contribution in [2.45, 2.75) is 12.3 Å². The minimum absolute atomic E-state index is 0.0475. The summed E-state index contributed by atoms with van der Waals surface area (Å²) in [5.41, 5.74) is 0.784. The molecule has 0 saturated carbocycles. The Bertz CT molecular complexity index is 146. The number of hydrogen-bond donors (Lipinski definition) is 1. The van der Waals surface area contributed by atoms with Crippen LogP contribution in [0, 0.1) is 0 Å². The molecule has 4 heteroatoms. The van der Waals surface area contributed by atoms with Gasteiger partial charge in [-0.1, -0.05) is 5.21 Å². The van der Waals surface area contributed by atoms with Crippen molar-refractivity contribution in [3.05, 3.63) is 11.9 Å². The third-order valence-corrected chi connectivity index (χ3v) is 1.07. The number of H-pyrrole nitrogens is 1. The fourth-order valence-electron chi connectivity index (χ4n) is 0.405. The van der Waals surface area contributed by atoms with Crippen LogP contribution in [0.25, 0.3) is 0 Å². The summed E-state index contributed by atoms with van der Waals surface area (Å²) in [5.74, 6) is 0. The van der Waals surface area contributed by atoms with Crippen molar-refractivity contribution >= 4 is 11.6 Å². The molecule has 1 unspecified atom stereocenters. The van der Waals surface area contributed by atoms with Crippen molar-refractivity contribution in [3.63, 3.8) is 0 Å². The van der Waals surface area contributed by atoms with Crippen LogP contribution in [-0.4, -0.2) is 15.4 Å². The van der Waals surface area contributed by atoms with Crippen LogP contribution in [0.4, 0.5) is 0 Å². The summed E-state index contributed by atoms with van der Waals surface area (Å²) in [7, 11) is 0. The number of aromatic amines is 1. The molecule has 44 valence electrons. The summed E-state index contributed by atoms with van der Waals surface area (Å²) >= 11 is 5.62. The van der Waals surface area contributed by atoms with Crippen LogP contribution in [0.1, 0.15) is 18.0 Å². The Kier molecular flexibility index (Phi) is 1.48. The van der Waals surface area contributed by atoms with E-state index in [1.165, 1.54) is 0 Å². The van der Waals surface area contributed by atoms with Crippen molar-refractivity contribution in [2.24, 2.45) is 0 Å². The Labute approximate surface area is 52.0 Å². The van der Waals surface area contributed by atoms with E-state index in [1.807, 2.05) is 6.92 Å². The van der Waals surface area contributed by atoms with E-state index in [9.17, 15) is 0 Å². The van der Waals surface area contributed by atoms with E-state index in [4.69, 9.17) is 11.6 Å². The molecule has 3 nitrogen and oxygen atoms in total. The molecule has 1 N–H and O–H groups in total. The maximum Gasteiger partial charge on any atom is 0.1000 e. The van der Waals surface area contributed by atoms with Crippen molar-refractivity contribution < 1.29 is 0 Å². The van der Waals surface area contributed by atoms with Gasteiger partial charge in [0.1, 0.15) is 0 Å². The summed E-state index contributed by atoms with van der Waals surface area (Å²) in [6.07, 6.45) is 1.68. The number of rotatable bonds is 1. The lowest BCUT2D eigenvalue weighted by Gasteiger charge is -1.89. The smallest absolute Gasteiger partial charge is 0.1000 e. The first-order valence-electron chi connectivity index (χ1n) is 2.31. The zero-order chi connectivity index (χ0) is 5.98. The average molecular weight is 132 g/mol. The molecule has 1 rings (SSSR count). The van der Waals surface area contributed by atoms with Gasteiger partial charge in [-0.05, 0) is 6.92 Å². The van der Waals surface area contributed by atoms with Crippen LogP contribution in [0.3, 0.4) is 0 Å². The Hall–Kier alpha value is -0.570. The first-order valence-corrected chi connectivity index (χ1v) is 2.75. The van der Waals surface area contributed by atoms with Crippen LogP contribution >= 0.6 is 11.6 Å². The highest BCUT2D eigenvalue weighted by atomic mass is 35.5. The summed E-state index contributed by atoms with van der Waals surface area (Å²) in [4.78, 5) is 0. The van der Waals surface area contributed by atoms with Gasteiger partial charge in [-0.15, -0.1) is 16.7 Å². The monoisotopic (exact) mass is 131 g/mol. The van der Waals surface area contributed by atoms with Gasteiger partial charge in [-0.3, -0.25) is 5.10 Å². The van der Waals surface area contributed by atoms with Gasteiger partial charge in [0.15, 0.2) is 0 Å². The lowest BCUT2D eigenvalue weighted by atomic mass is 10.4. The number of aromatic nitrogens is 3. The van der Waals surface area contributed by atoms with E-state index in [0.717, 1.165) is 5.69 Å². The third kappa shape index (κ3) is 0.980. The summed E-state index contributed by atoms with van der Waals surface area (Å²) in [6, 6.07) is 0. The van der Waals surface area contributed by atoms with Crippen molar-refractivity contribution in [1.29, 1.82) is 0 Å². The van der Waals surface area contributed by atoms with Gasteiger partial charge in [-0.2, -0.15) is 0 Å². The van der Waals surface area contributed by atoms with E-state index in [1.54, 1.807) is 6.20 Å². The predicted molar refractivity (Wildman–Crippen MR) is 30.7 cm³/mol. The van der Waals surface area contributed by atoms with Crippen molar-refractivity contribution in [1.82, 2.24) is 15.4 Å². The maximum absolute atomic E-state index is 5.62. The van der Waals surface area contributed by atoms with Crippen molar-refractivity contribution in [3.8, 4) is 0 Å². The second-order valence-corrected chi connectivity index (χ2v) is 2.17. The second-order valence-electron chi connectivity index (χ2n) is 1.51. The molecule has 0 aliphatic rings. The zero-order valence-corrected chi connectivity index (χ0v) is 5.18. The van der Waals surface area contributed by atoms with E-state index in [2.05, 4.69) is 15.4 Å². The molecule has 0 aromatic carbocycles. The molecule has 1 aromatic rings. The van der Waals surface area contributed by atoms with Crippen LogP contribution < -0.4 is 0 Å². The Morgan fingerprint density at radius 1 is 1.88 bits per heavy atom. The van der Waals surface area contributed by atoms with Crippen LogP contribution in [0.15, 0.2) is 6.20 Å². The minimum Gasteiger partial charge on any atom is -0.265 e. The number of nitrogens with one attached hydrogen (secondary N) is 1. The summed E-state index contributed by atoms with van der Waals surface area (Å²) in [5, 5.41) is 9.68. The largest absolute Gasteiger partial charge is 0.265 e. The predicted octanol–water partition coefficient (Wildman–Crippen LogP) is 1.10. The normalized spacial score (nSPS) is 13.8. The van der Waals surface area contributed by atoms with Gasteiger partial charge in [0.25, 0.3) is 0 Å². The molecule has 1 heterocycles. The number of halogens is 1. The molecule has 0 aliphatic heterocycles. The second kappa shape index (κ2) is 2.13. The van der Waals surface area contributed by atoms with Gasteiger partial charge < -0.3 is 0 Å². The van der Waals surface area contributed by atoms with Gasteiger partial charge in [0.2, 0.25) is 0 Å². The minimum atomic E-state index is -0.0475. The van der Waals surface area contributed by atoms with E-state index < -0.39 is 0 Å². The number of alkyl halides is 1. The van der Waals surface area contributed by atoms with Gasteiger partial charge in [0.05, 0.1) is 11.1 Å². The average Bonchev–Trinajstić information content (AvgIpc) is 2.12. The summed E-state index contributed by atoms with van der Waals surface area (Å²) in [6.45, 7) is 1.85. The Balaban J connectivity index is 2.77.